The summed E-state index contributed by atoms with van der Waals surface area (Å²) in [5.41, 5.74) is 0.692. The van der Waals surface area contributed by atoms with E-state index < -0.39 is 19.1 Å². The van der Waals surface area contributed by atoms with Gasteiger partial charge in [0.1, 0.15) is 12.3 Å². The van der Waals surface area contributed by atoms with Gasteiger partial charge in [0.2, 0.25) is 5.91 Å². The first-order chi connectivity index (χ1) is 14.3. The molecule has 0 bridgehead atoms. The second-order valence-electron chi connectivity index (χ2n) is 7.72. The SMILES string of the molecule is CC1CCCN(C(=O)C(NC(=O)c2ccc(B(O)O)c(C=O)c2)c2cnn(C)c2)C1. The molecule has 1 saturated heterocycles. The van der Waals surface area contributed by atoms with Crippen LogP contribution in [0.4, 0.5) is 0 Å². The second-order valence-corrected chi connectivity index (χ2v) is 7.72. The van der Waals surface area contributed by atoms with E-state index in [1.165, 1.54) is 24.4 Å². The van der Waals surface area contributed by atoms with Crippen LogP contribution in [0.3, 0.4) is 0 Å². The molecule has 2 unspecified atom stereocenters. The minimum absolute atomic E-state index is 0.00346. The van der Waals surface area contributed by atoms with Gasteiger partial charge in [0.05, 0.1) is 6.20 Å². The number of hydrogen-bond donors (Lipinski definition) is 3. The molecule has 158 valence electrons. The lowest BCUT2D eigenvalue weighted by molar-refractivity contribution is -0.135. The Morgan fingerprint density at radius 1 is 1.37 bits per heavy atom. The lowest BCUT2D eigenvalue weighted by Gasteiger charge is -2.33. The number of carbonyl (C=O) groups excluding carboxylic acids is 3. The second kappa shape index (κ2) is 9.23. The third-order valence-corrected chi connectivity index (χ3v) is 5.30. The quantitative estimate of drug-likeness (QED) is 0.440. The van der Waals surface area contributed by atoms with Gasteiger partial charge >= 0.3 is 7.12 Å². The van der Waals surface area contributed by atoms with Gasteiger partial charge in [-0.15, -0.1) is 0 Å². The van der Waals surface area contributed by atoms with E-state index in [4.69, 9.17) is 0 Å². The van der Waals surface area contributed by atoms with E-state index in [0.717, 1.165) is 12.8 Å². The van der Waals surface area contributed by atoms with Gasteiger partial charge in [-0.05, 0) is 36.4 Å². The maximum Gasteiger partial charge on any atom is 0.489 e. The molecule has 2 aromatic rings. The normalized spacial score (nSPS) is 17.3. The molecule has 0 spiro atoms. The Morgan fingerprint density at radius 2 is 2.13 bits per heavy atom. The van der Waals surface area contributed by atoms with Gasteiger partial charge in [0.15, 0.2) is 0 Å². The van der Waals surface area contributed by atoms with Gasteiger partial charge < -0.3 is 20.3 Å². The molecule has 2 atom stereocenters. The van der Waals surface area contributed by atoms with E-state index in [2.05, 4.69) is 17.3 Å². The summed E-state index contributed by atoms with van der Waals surface area (Å²) in [6.45, 7) is 3.35. The Hall–Kier alpha value is -2.98. The van der Waals surface area contributed by atoms with E-state index in [-0.39, 0.29) is 22.5 Å². The highest BCUT2D eigenvalue weighted by Gasteiger charge is 2.31. The average Bonchev–Trinajstić information content (AvgIpc) is 3.16. The number of hydrogen-bond acceptors (Lipinski definition) is 6. The molecular formula is C20H25BN4O5. The first-order valence-electron chi connectivity index (χ1n) is 9.83. The fourth-order valence-corrected chi connectivity index (χ4v) is 3.72. The van der Waals surface area contributed by atoms with Crippen molar-refractivity contribution in [2.75, 3.05) is 13.1 Å². The number of piperidine rings is 1. The molecule has 1 aromatic heterocycles. The summed E-state index contributed by atoms with van der Waals surface area (Å²) in [4.78, 5) is 39.2. The zero-order chi connectivity index (χ0) is 21.8. The molecule has 9 nitrogen and oxygen atoms in total. The summed E-state index contributed by atoms with van der Waals surface area (Å²) < 4.78 is 1.56. The van der Waals surface area contributed by atoms with Crippen LogP contribution in [0.25, 0.3) is 0 Å². The molecule has 1 aliphatic rings. The van der Waals surface area contributed by atoms with E-state index in [1.54, 1.807) is 22.8 Å². The molecular weight excluding hydrogens is 387 g/mol. The molecule has 1 aromatic carbocycles. The fourth-order valence-electron chi connectivity index (χ4n) is 3.72. The largest absolute Gasteiger partial charge is 0.489 e. The number of aryl methyl sites for hydroxylation is 1. The van der Waals surface area contributed by atoms with Crippen LogP contribution < -0.4 is 10.8 Å². The molecule has 30 heavy (non-hydrogen) atoms. The number of likely N-dealkylation sites (tertiary alicyclic amines) is 1. The van der Waals surface area contributed by atoms with Crippen molar-refractivity contribution in [3.05, 3.63) is 47.3 Å². The fraction of sp³-hybridized carbons (Fsp3) is 0.400. The zero-order valence-electron chi connectivity index (χ0n) is 17.0. The summed E-state index contributed by atoms with van der Waals surface area (Å²) in [7, 11) is -0.0985. The van der Waals surface area contributed by atoms with Crippen molar-refractivity contribution >= 4 is 30.7 Å². The minimum Gasteiger partial charge on any atom is -0.423 e. The number of aldehydes is 1. The summed E-state index contributed by atoms with van der Waals surface area (Å²) in [6.07, 6.45) is 5.64. The maximum absolute atomic E-state index is 13.2. The van der Waals surface area contributed by atoms with Crippen LogP contribution in [0.2, 0.25) is 0 Å². The third-order valence-electron chi connectivity index (χ3n) is 5.30. The number of carbonyl (C=O) groups is 3. The highest BCUT2D eigenvalue weighted by atomic mass is 16.4. The van der Waals surface area contributed by atoms with Crippen LogP contribution in [-0.2, 0) is 11.8 Å². The highest BCUT2D eigenvalue weighted by molar-refractivity contribution is 6.60. The number of rotatable bonds is 6. The monoisotopic (exact) mass is 412 g/mol. The third kappa shape index (κ3) is 4.77. The molecule has 3 rings (SSSR count). The van der Waals surface area contributed by atoms with E-state index in [0.29, 0.717) is 30.9 Å². The van der Waals surface area contributed by atoms with Gasteiger partial charge in [-0.2, -0.15) is 5.10 Å². The number of amides is 2. The van der Waals surface area contributed by atoms with Gasteiger partial charge in [-0.25, -0.2) is 0 Å². The lowest BCUT2D eigenvalue weighted by atomic mass is 9.77. The number of nitrogens with zero attached hydrogens (tertiary/aromatic N) is 3. The van der Waals surface area contributed by atoms with E-state index in [9.17, 15) is 24.4 Å². The van der Waals surface area contributed by atoms with E-state index in [1.807, 2.05) is 0 Å². The molecule has 0 saturated carbocycles. The van der Waals surface area contributed by atoms with Crippen LogP contribution in [0.15, 0.2) is 30.6 Å². The van der Waals surface area contributed by atoms with Crippen molar-refractivity contribution in [2.24, 2.45) is 13.0 Å². The summed E-state index contributed by atoms with van der Waals surface area (Å²) in [6, 6.07) is 3.03. The van der Waals surface area contributed by atoms with Crippen LogP contribution in [0.1, 0.15) is 52.1 Å². The predicted molar refractivity (Wildman–Crippen MR) is 110 cm³/mol. The van der Waals surface area contributed by atoms with Crippen molar-refractivity contribution in [1.82, 2.24) is 20.0 Å². The molecule has 0 aliphatic carbocycles. The van der Waals surface area contributed by atoms with Crippen LogP contribution in [-0.4, -0.2) is 63.0 Å². The van der Waals surface area contributed by atoms with Crippen LogP contribution in [0, 0.1) is 5.92 Å². The van der Waals surface area contributed by atoms with Crippen LogP contribution >= 0.6 is 0 Å². The van der Waals surface area contributed by atoms with Gasteiger partial charge in [0.25, 0.3) is 5.91 Å². The first-order valence-corrected chi connectivity index (χ1v) is 9.83. The number of nitrogens with one attached hydrogen (secondary N) is 1. The van der Waals surface area contributed by atoms with Crippen molar-refractivity contribution < 1.29 is 24.4 Å². The van der Waals surface area contributed by atoms with Crippen molar-refractivity contribution in [3.8, 4) is 0 Å². The Morgan fingerprint density at radius 3 is 2.73 bits per heavy atom. The zero-order valence-corrected chi connectivity index (χ0v) is 17.0. The molecule has 10 heteroatoms. The molecule has 0 radical (unpaired) electrons. The smallest absolute Gasteiger partial charge is 0.423 e. The van der Waals surface area contributed by atoms with Crippen molar-refractivity contribution in [1.29, 1.82) is 0 Å². The predicted octanol–water partition coefficient (Wildman–Crippen LogP) is -0.358. The number of aromatic nitrogens is 2. The maximum atomic E-state index is 13.2. The topological polar surface area (TPSA) is 125 Å². The van der Waals surface area contributed by atoms with Gasteiger partial charge in [-0.1, -0.05) is 13.0 Å². The molecule has 2 amide bonds. The summed E-state index contributed by atoms with van der Waals surface area (Å²) in [5.74, 6) is -0.370. The average molecular weight is 412 g/mol. The molecule has 2 heterocycles. The standard InChI is InChI=1S/C20H25BN4O5/c1-13-4-3-7-25(10-13)20(28)18(16-9-22-24(2)11-16)23-19(27)14-5-6-17(21(29)30)15(8-14)12-26/h5-6,8-9,11-13,18,29-30H,3-4,7,10H2,1-2H3,(H,23,27). The van der Waals surface area contributed by atoms with Crippen molar-refractivity contribution in [2.45, 2.75) is 25.8 Å². The lowest BCUT2D eigenvalue weighted by Crippen LogP contribution is -2.46. The molecule has 1 aliphatic heterocycles. The van der Waals surface area contributed by atoms with Crippen molar-refractivity contribution in [3.63, 3.8) is 0 Å². The molecule has 1 fully saturated rings. The Kier molecular flexibility index (Phi) is 6.68. The summed E-state index contributed by atoms with van der Waals surface area (Å²) in [5, 5.41) is 25.5. The Labute approximate surface area is 174 Å². The minimum atomic E-state index is -1.83. The summed E-state index contributed by atoms with van der Waals surface area (Å²) >= 11 is 0. The molecule has 3 N–H and O–H groups in total. The highest BCUT2D eigenvalue weighted by Crippen LogP contribution is 2.22. The first kappa shape index (κ1) is 21.7. The van der Waals surface area contributed by atoms with Gasteiger partial charge in [-0.3, -0.25) is 19.1 Å². The van der Waals surface area contributed by atoms with Crippen LogP contribution in [0.5, 0.6) is 0 Å². The van der Waals surface area contributed by atoms with E-state index >= 15 is 0 Å². The Balaban J connectivity index is 1.87. The Bertz CT molecular complexity index is 945. The van der Waals surface area contributed by atoms with Gasteiger partial charge in [0, 0.05) is 43.0 Å². The number of benzene rings is 1.